The number of anilines is 1. The SMILES string of the molecule is O=C(CN(C(=O)c1ccccc1F)C1CC1)Nc1nc(-c2ccccc2)cn1-c1ccccc1. The van der Waals surface area contributed by atoms with Gasteiger partial charge in [0, 0.05) is 23.5 Å². The summed E-state index contributed by atoms with van der Waals surface area (Å²) in [5, 5.41) is 2.86. The second-order valence-corrected chi connectivity index (χ2v) is 8.21. The van der Waals surface area contributed by atoms with Gasteiger partial charge in [0.2, 0.25) is 11.9 Å². The first-order valence-corrected chi connectivity index (χ1v) is 11.2. The first kappa shape index (κ1) is 21.6. The number of amides is 2. The minimum atomic E-state index is -0.592. The number of nitrogens with zero attached hydrogens (tertiary/aromatic N) is 3. The molecular weight excluding hydrogens is 431 g/mol. The summed E-state index contributed by atoms with van der Waals surface area (Å²) in [6.07, 6.45) is 3.46. The van der Waals surface area contributed by atoms with Gasteiger partial charge in [-0.2, -0.15) is 0 Å². The van der Waals surface area contributed by atoms with Crippen LogP contribution in [0.25, 0.3) is 16.9 Å². The summed E-state index contributed by atoms with van der Waals surface area (Å²) in [7, 11) is 0. The number of carbonyl (C=O) groups is 2. The normalized spacial score (nSPS) is 12.9. The third-order valence-corrected chi connectivity index (χ3v) is 5.73. The van der Waals surface area contributed by atoms with Crippen molar-refractivity contribution >= 4 is 17.8 Å². The van der Waals surface area contributed by atoms with E-state index in [0.717, 1.165) is 24.1 Å². The molecule has 1 N–H and O–H groups in total. The quantitative estimate of drug-likeness (QED) is 0.431. The summed E-state index contributed by atoms with van der Waals surface area (Å²) in [6.45, 7) is -0.180. The minimum absolute atomic E-state index is 0.0284. The molecule has 5 rings (SSSR count). The van der Waals surface area contributed by atoms with Crippen LogP contribution in [0.1, 0.15) is 23.2 Å². The molecule has 0 radical (unpaired) electrons. The molecule has 4 aromatic rings. The lowest BCUT2D eigenvalue weighted by Gasteiger charge is -2.22. The highest BCUT2D eigenvalue weighted by atomic mass is 19.1. The van der Waals surface area contributed by atoms with Crippen molar-refractivity contribution in [2.24, 2.45) is 0 Å². The number of rotatable bonds is 7. The van der Waals surface area contributed by atoms with Crippen molar-refractivity contribution in [3.8, 4) is 16.9 Å². The zero-order chi connectivity index (χ0) is 23.5. The number of carbonyl (C=O) groups excluding carboxylic acids is 2. The molecule has 0 atom stereocenters. The number of aromatic nitrogens is 2. The van der Waals surface area contributed by atoms with Gasteiger partial charge in [0.15, 0.2) is 0 Å². The van der Waals surface area contributed by atoms with Gasteiger partial charge < -0.3 is 4.90 Å². The van der Waals surface area contributed by atoms with E-state index in [0.29, 0.717) is 11.6 Å². The summed E-state index contributed by atoms with van der Waals surface area (Å²) in [5.41, 5.74) is 2.44. The average molecular weight is 455 g/mol. The summed E-state index contributed by atoms with van der Waals surface area (Å²) in [5.74, 6) is -1.11. The Bertz CT molecular complexity index is 1320. The smallest absolute Gasteiger partial charge is 0.257 e. The molecule has 2 amide bonds. The molecular formula is C27H23FN4O2. The molecule has 1 aromatic heterocycles. The lowest BCUT2D eigenvalue weighted by Crippen LogP contribution is -2.40. The zero-order valence-corrected chi connectivity index (χ0v) is 18.4. The van der Waals surface area contributed by atoms with Crippen LogP contribution in [0.4, 0.5) is 10.3 Å². The first-order chi connectivity index (χ1) is 16.6. The van der Waals surface area contributed by atoms with Crippen LogP contribution in [-0.2, 0) is 4.79 Å². The van der Waals surface area contributed by atoms with Crippen molar-refractivity contribution in [1.29, 1.82) is 0 Å². The van der Waals surface area contributed by atoms with Gasteiger partial charge in [0.05, 0.1) is 11.3 Å². The highest BCUT2D eigenvalue weighted by molar-refractivity contribution is 5.99. The second-order valence-electron chi connectivity index (χ2n) is 8.21. The van der Waals surface area contributed by atoms with Gasteiger partial charge in [-0.25, -0.2) is 9.37 Å². The first-order valence-electron chi connectivity index (χ1n) is 11.2. The molecule has 7 heteroatoms. The lowest BCUT2D eigenvalue weighted by molar-refractivity contribution is -0.117. The molecule has 1 saturated carbocycles. The van der Waals surface area contributed by atoms with Crippen molar-refractivity contribution in [3.05, 3.63) is 103 Å². The molecule has 1 heterocycles. The maximum atomic E-state index is 14.2. The fourth-order valence-electron chi connectivity index (χ4n) is 3.86. The van der Waals surface area contributed by atoms with Gasteiger partial charge in [-0.15, -0.1) is 0 Å². The van der Waals surface area contributed by atoms with Gasteiger partial charge in [0.25, 0.3) is 5.91 Å². The van der Waals surface area contributed by atoms with Crippen LogP contribution < -0.4 is 5.32 Å². The fraction of sp³-hybridized carbons (Fsp3) is 0.148. The Morgan fingerprint density at radius 2 is 1.59 bits per heavy atom. The van der Waals surface area contributed by atoms with Crippen LogP contribution in [0.15, 0.2) is 91.1 Å². The highest BCUT2D eigenvalue weighted by Gasteiger charge is 2.35. The van der Waals surface area contributed by atoms with Crippen molar-refractivity contribution < 1.29 is 14.0 Å². The predicted molar refractivity (Wildman–Crippen MR) is 128 cm³/mol. The van der Waals surface area contributed by atoms with Gasteiger partial charge >= 0.3 is 0 Å². The van der Waals surface area contributed by atoms with Crippen molar-refractivity contribution in [3.63, 3.8) is 0 Å². The molecule has 0 aliphatic heterocycles. The number of imidazole rings is 1. The molecule has 1 fully saturated rings. The Kier molecular flexibility index (Phi) is 5.91. The van der Waals surface area contributed by atoms with E-state index < -0.39 is 11.7 Å². The number of halogens is 1. The molecule has 0 bridgehead atoms. The molecule has 0 saturated heterocycles. The molecule has 1 aliphatic carbocycles. The van der Waals surface area contributed by atoms with Crippen LogP contribution in [0.2, 0.25) is 0 Å². The lowest BCUT2D eigenvalue weighted by atomic mass is 10.2. The van der Waals surface area contributed by atoms with E-state index in [-0.39, 0.29) is 24.1 Å². The largest absolute Gasteiger partial charge is 0.326 e. The third kappa shape index (κ3) is 4.59. The highest BCUT2D eigenvalue weighted by Crippen LogP contribution is 2.29. The van der Waals surface area contributed by atoms with Crippen LogP contribution in [0.5, 0.6) is 0 Å². The summed E-state index contributed by atoms with van der Waals surface area (Å²) >= 11 is 0. The minimum Gasteiger partial charge on any atom is -0.326 e. The molecule has 1 aliphatic rings. The van der Waals surface area contributed by atoms with Crippen LogP contribution >= 0.6 is 0 Å². The standard InChI is InChI=1S/C27H23FN4O2/c28-23-14-8-7-13-22(23)26(34)31(21-15-16-21)18-25(33)30-27-29-24(19-9-3-1-4-10-19)17-32(27)20-11-5-2-6-12-20/h1-14,17,21H,15-16,18H2,(H,29,30,33). The maximum Gasteiger partial charge on any atom is 0.257 e. The van der Waals surface area contributed by atoms with Gasteiger partial charge in [-0.1, -0.05) is 60.7 Å². The van der Waals surface area contributed by atoms with Crippen LogP contribution in [-0.4, -0.2) is 38.9 Å². The summed E-state index contributed by atoms with van der Waals surface area (Å²) in [6, 6.07) is 25.0. The Balaban J connectivity index is 1.41. The Morgan fingerprint density at radius 3 is 2.26 bits per heavy atom. The Labute approximate surface area is 196 Å². The molecule has 6 nitrogen and oxygen atoms in total. The number of benzene rings is 3. The van der Waals surface area contributed by atoms with E-state index in [1.54, 1.807) is 10.6 Å². The number of hydrogen-bond donors (Lipinski definition) is 1. The van der Waals surface area contributed by atoms with Crippen molar-refractivity contribution in [2.45, 2.75) is 18.9 Å². The number of hydrogen-bond acceptors (Lipinski definition) is 3. The predicted octanol–water partition coefficient (Wildman–Crippen LogP) is 4.92. The maximum absolute atomic E-state index is 14.2. The van der Waals surface area contributed by atoms with Gasteiger partial charge in [-0.05, 0) is 37.1 Å². The number of nitrogens with one attached hydrogen (secondary N) is 1. The molecule has 0 unspecified atom stereocenters. The van der Waals surface area contributed by atoms with Crippen molar-refractivity contribution in [1.82, 2.24) is 14.5 Å². The van der Waals surface area contributed by atoms with Crippen molar-refractivity contribution in [2.75, 3.05) is 11.9 Å². The van der Waals surface area contributed by atoms with E-state index in [4.69, 9.17) is 0 Å². The van der Waals surface area contributed by atoms with E-state index in [9.17, 15) is 14.0 Å². The molecule has 170 valence electrons. The van der Waals surface area contributed by atoms with E-state index in [1.807, 2.05) is 66.9 Å². The summed E-state index contributed by atoms with van der Waals surface area (Å²) in [4.78, 5) is 32.1. The van der Waals surface area contributed by atoms with Gasteiger partial charge in [-0.3, -0.25) is 19.5 Å². The van der Waals surface area contributed by atoms with E-state index in [2.05, 4.69) is 10.3 Å². The molecule has 3 aromatic carbocycles. The zero-order valence-electron chi connectivity index (χ0n) is 18.4. The summed E-state index contributed by atoms with van der Waals surface area (Å²) < 4.78 is 16.0. The fourth-order valence-corrected chi connectivity index (χ4v) is 3.86. The average Bonchev–Trinajstić information content (AvgIpc) is 3.63. The Hall–Kier alpha value is -4.26. The van der Waals surface area contributed by atoms with E-state index >= 15 is 0 Å². The number of para-hydroxylation sites is 1. The van der Waals surface area contributed by atoms with Gasteiger partial charge in [0.1, 0.15) is 12.4 Å². The monoisotopic (exact) mass is 454 g/mol. The third-order valence-electron chi connectivity index (χ3n) is 5.73. The van der Waals surface area contributed by atoms with E-state index in [1.165, 1.54) is 23.1 Å². The molecule has 0 spiro atoms. The van der Waals surface area contributed by atoms with Crippen LogP contribution in [0, 0.1) is 5.82 Å². The van der Waals surface area contributed by atoms with Crippen LogP contribution in [0.3, 0.4) is 0 Å². The Morgan fingerprint density at radius 1 is 0.941 bits per heavy atom. The molecule has 34 heavy (non-hydrogen) atoms. The second kappa shape index (κ2) is 9.31. The topological polar surface area (TPSA) is 67.2 Å².